The van der Waals surface area contributed by atoms with E-state index in [1.807, 2.05) is 12.1 Å². The van der Waals surface area contributed by atoms with Crippen molar-refractivity contribution in [3.8, 4) is 5.75 Å². The maximum atomic E-state index is 5.98. The standard InChI is InChI=1S/C24H35N3OS2/c1-17(18-9-11-20(28-6)12-10-18)27(16-21-8-7-13-30-21)22(29)25-19-14-23(2,3)26-24(4,5)15-19/h7-13,17,19,26H,14-16H2,1-6H3,(H,25,29). The molecule has 2 N–H and O–H groups in total. The third kappa shape index (κ3) is 5.96. The lowest BCUT2D eigenvalue weighted by molar-refractivity contribution is 0.152. The average molecular weight is 446 g/mol. The fourth-order valence-electron chi connectivity index (χ4n) is 4.70. The quantitative estimate of drug-likeness (QED) is 0.574. The summed E-state index contributed by atoms with van der Waals surface area (Å²) in [6.07, 6.45) is 2.08. The smallest absolute Gasteiger partial charge is 0.169 e. The Morgan fingerprint density at radius 3 is 2.37 bits per heavy atom. The van der Waals surface area contributed by atoms with Crippen LogP contribution in [-0.2, 0) is 6.54 Å². The topological polar surface area (TPSA) is 36.5 Å². The molecular weight excluding hydrogens is 410 g/mol. The van der Waals surface area contributed by atoms with Gasteiger partial charge in [-0.15, -0.1) is 11.3 Å². The van der Waals surface area contributed by atoms with E-state index in [0.29, 0.717) is 6.04 Å². The number of hydrogen-bond acceptors (Lipinski definition) is 4. The van der Waals surface area contributed by atoms with E-state index in [0.717, 1.165) is 30.2 Å². The molecule has 1 fully saturated rings. The molecule has 1 unspecified atom stereocenters. The van der Waals surface area contributed by atoms with E-state index in [4.69, 9.17) is 17.0 Å². The normalized spacial score (nSPS) is 19.1. The van der Waals surface area contributed by atoms with Gasteiger partial charge in [0.25, 0.3) is 0 Å². The van der Waals surface area contributed by atoms with Crippen LogP contribution in [0.3, 0.4) is 0 Å². The second kappa shape index (κ2) is 9.25. The van der Waals surface area contributed by atoms with Gasteiger partial charge in [-0.25, -0.2) is 0 Å². The highest BCUT2D eigenvalue weighted by molar-refractivity contribution is 7.80. The van der Waals surface area contributed by atoms with Crippen molar-refractivity contribution in [1.82, 2.24) is 15.5 Å². The van der Waals surface area contributed by atoms with Crippen molar-refractivity contribution in [3.05, 3.63) is 52.2 Å². The van der Waals surface area contributed by atoms with Gasteiger partial charge in [-0.05, 0) is 88.8 Å². The van der Waals surface area contributed by atoms with E-state index < -0.39 is 0 Å². The van der Waals surface area contributed by atoms with Gasteiger partial charge in [-0.2, -0.15) is 0 Å². The number of ether oxygens (including phenoxy) is 1. The molecule has 0 saturated carbocycles. The number of nitrogens with one attached hydrogen (secondary N) is 2. The Kier molecular flexibility index (Phi) is 7.10. The van der Waals surface area contributed by atoms with Crippen LogP contribution in [0.1, 0.15) is 63.9 Å². The fraction of sp³-hybridized carbons (Fsp3) is 0.542. The zero-order valence-electron chi connectivity index (χ0n) is 19.0. The lowest BCUT2D eigenvalue weighted by Gasteiger charge is -2.47. The highest BCUT2D eigenvalue weighted by Crippen LogP contribution is 2.30. The van der Waals surface area contributed by atoms with E-state index in [9.17, 15) is 0 Å². The molecule has 4 nitrogen and oxygen atoms in total. The predicted octanol–water partition coefficient (Wildman–Crippen LogP) is 5.50. The lowest BCUT2D eigenvalue weighted by atomic mass is 9.80. The molecule has 1 aliphatic heterocycles. The molecule has 30 heavy (non-hydrogen) atoms. The van der Waals surface area contributed by atoms with Gasteiger partial charge < -0.3 is 20.3 Å². The van der Waals surface area contributed by atoms with Crippen molar-refractivity contribution >= 4 is 28.7 Å². The van der Waals surface area contributed by atoms with Crippen LogP contribution in [-0.4, -0.2) is 34.2 Å². The van der Waals surface area contributed by atoms with Crippen LogP contribution < -0.4 is 15.4 Å². The zero-order chi connectivity index (χ0) is 21.9. The molecule has 0 spiro atoms. The monoisotopic (exact) mass is 445 g/mol. The van der Waals surface area contributed by atoms with Crippen LogP contribution in [0.25, 0.3) is 0 Å². The van der Waals surface area contributed by atoms with Crippen molar-refractivity contribution in [2.45, 2.75) is 77.2 Å². The molecule has 2 heterocycles. The van der Waals surface area contributed by atoms with Gasteiger partial charge in [0.15, 0.2) is 5.11 Å². The van der Waals surface area contributed by atoms with Gasteiger partial charge in [-0.3, -0.25) is 0 Å². The molecule has 0 amide bonds. The summed E-state index contributed by atoms with van der Waals surface area (Å²) in [5.41, 5.74) is 1.38. The molecule has 164 valence electrons. The van der Waals surface area contributed by atoms with Crippen LogP contribution in [0, 0.1) is 0 Å². The van der Waals surface area contributed by atoms with Crippen LogP contribution in [0.2, 0.25) is 0 Å². The first-order chi connectivity index (χ1) is 14.1. The van der Waals surface area contributed by atoms with Crippen molar-refractivity contribution in [2.75, 3.05) is 7.11 Å². The number of rotatable bonds is 6. The number of piperidine rings is 1. The molecule has 6 heteroatoms. The van der Waals surface area contributed by atoms with Gasteiger partial charge in [-0.1, -0.05) is 18.2 Å². The molecule has 3 rings (SSSR count). The Labute approximate surface area is 191 Å². The molecule has 1 saturated heterocycles. The third-order valence-corrected chi connectivity index (χ3v) is 6.96. The van der Waals surface area contributed by atoms with Crippen molar-refractivity contribution < 1.29 is 4.74 Å². The Morgan fingerprint density at radius 1 is 1.20 bits per heavy atom. The van der Waals surface area contributed by atoms with Crippen molar-refractivity contribution in [1.29, 1.82) is 0 Å². The molecular formula is C24H35N3OS2. The van der Waals surface area contributed by atoms with Gasteiger partial charge >= 0.3 is 0 Å². The summed E-state index contributed by atoms with van der Waals surface area (Å²) in [7, 11) is 1.70. The number of thiophene rings is 1. The molecule has 0 radical (unpaired) electrons. The second-order valence-electron chi connectivity index (χ2n) is 9.60. The molecule has 1 aromatic heterocycles. The highest BCUT2D eigenvalue weighted by Gasteiger charge is 2.38. The summed E-state index contributed by atoms with van der Waals surface area (Å²) in [6, 6.07) is 13.1. The van der Waals surface area contributed by atoms with Gasteiger partial charge in [0.05, 0.1) is 19.7 Å². The van der Waals surface area contributed by atoms with E-state index in [2.05, 4.69) is 79.8 Å². The van der Waals surface area contributed by atoms with Crippen LogP contribution in [0.4, 0.5) is 0 Å². The number of thiocarbonyl (C=S) groups is 1. The first-order valence-corrected chi connectivity index (χ1v) is 11.9. The summed E-state index contributed by atoms with van der Waals surface area (Å²) >= 11 is 7.75. The van der Waals surface area contributed by atoms with Crippen LogP contribution in [0.5, 0.6) is 5.75 Å². The van der Waals surface area contributed by atoms with Crippen molar-refractivity contribution in [2.24, 2.45) is 0 Å². The summed E-state index contributed by atoms with van der Waals surface area (Å²) < 4.78 is 5.33. The number of benzene rings is 1. The summed E-state index contributed by atoms with van der Waals surface area (Å²) in [6.45, 7) is 12.1. The predicted molar refractivity (Wildman–Crippen MR) is 131 cm³/mol. The molecule has 2 aromatic rings. The Bertz CT molecular complexity index is 815. The highest BCUT2D eigenvalue weighted by atomic mass is 32.1. The fourth-order valence-corrected chi connectivity index (χ4v) is 5.79. The summed E-state index contributed by atoms with van der Waals surface area (Å²) in [5.74, 6) is 0.871. The molecule has 1 aromatic carbocycles. The Balaban J connectivity index is 1.79. The zero-order valence-corrected chi connectivity index (χ0v) is 20.6. The Morgan fingerprint density at radius 2 is 1.83 bits per heavy atom. The number of hydrogen-bond donors (Lipinski definition) is 2. The van der Waals surface area contributed by atoms with Crippen LogP contribution >= 0.6 is 23.6 Å². The van der Waals surface area contributed by atoms with E-state index in [-0.39, 0.29) is 17.1 Å². The summed E-state index contributed by atoms with van der Waals surface area (Å²) in [5, 5.41) is 10.4. The van der Waals surface area contributed by atoms with Crippen LogP contribution in [0.15, 0.2) is 41.8 Å². The SMILES string of the molecule is COc1ccc(C(C)N(Cc2cccs2)C(=S)NC2CC(C)(C)NC(C)(C)C2)cc1. The minimum atomic E-state index is 0.0786. The minimum Gasteiger partial charge on any atom is -0.497 e. The maximum Gasteiger partial charge on any atom is 0.169 e. The number of methoxy groups -OCH3 is 1. The lowest BCUT2D eigenvalue weighted by Crippen LogP contribution is -2.62. The van der Waals surface area contributed by atoms with Gasteiger partial charge in [0.1, 0.15) is 5.75 Å². The van der Waals surface area contributed by atoms with E-state index in [1.54, 1.807) is 18.4 Å². The average Bonchev–Trinajstić information content (AvgIpc) is 3.16. The first kappa shape index (κ1) is 23.0. The van der Waals surface area contributed by atoms with Gasteiger partial charge in [0.2, 0.25) is 0 Å². The molecule has 0 aliphatic carbocycles. The van der Waals surface area contributed by atoms with Gasteiger partial charge in [0, 0.05) is 22.0 Å². The van der Waals surface area contributed by atoms with E-state index >= 15 is 0 Å². The largest absolute Gasteiger partial charge is 0.497 e. The first-order valence-electron chi connectivity index (χ1n) is 10.6. The third-order valence-electron chi connectivity index (χ3n) is 5.75. The second-order valence-corrected chi connectivity index (χ2v) is 11.0. The Hall–Kier alpha value is -1.63. The van der Waals surface area contributed by atoms with E-state index in [1.165, 1.54) is 10.4 Å². The van der Waals surface area contributed by atoms with Crippen molar-refractivity contribution in [3.63, 3.8) is 0 Å². The molecule has 1 aliphatic rings. The molecule has 0 bridgehead atoms. The maximum absolute atomic E-state index is 5.98. The molecule has 1 atom stereocenters. The number of nitrogens with zero attached hydrogens (tertiary/aromatic N) is 1. The minimum absolute atomic E-state index is 0.0786. The summed E-state index contributed by atoms with van der Waals surface area (Å²) in [4.78, 5) is 3.62.